The van der Waals surface area contributed by atoms with Gasteiger partial charge in [-0.25, -0.2) is 9.59 Å². The second-order valence-corrected chi connectivity index (χ2v) is 6.19. The van der Waals surface area contributed by atoms with Crippen LogP contribution in [-0.2, 0) is 14.2 Å². The highest BCUT2D eigenvalue weighted by Crippen LogP contribution is 2.26. The zero-order valence-electron chi connectivity index (χ0n) is 14.6. The van der Waals surface area contributed by atoms with Gasteiger partial charge in [0.2, 0.25) is 0 Å². The molecular formula is C20H20O7. The lowest BCUT2D eigenvalue weighted by molar-refractivity contribution is -0.276. The number of aliphatic hydroxyl groups is 2. The molecule has 0 bridgehead atoms. The lowest BCUT2D eigenvalue weighted by atomic mass is 9.99. The number of carbonyl (C=O) groups excluding carboxylic acids is 2. The largest absolute Gasteiger partial charge is 0.452 e. The van der Waals surface area contributed by atoms with Gasteiger partial charge in [-0.1, -0.05) is 36.4 Å². The first kappa shape index (κ1) is 19.0. The van der Waals surface area contributed by atoms with Crippen molar-refractivity contribution < 1.29 is 34.0 Å². The fraction of sp³-hybridized carbons (Fsp3) is 0.300. The molecule has 27 heavy (non-hydrogen) atoms. The average molecular weight is 372 g/mol. The SMILES string of the molecule is C[C@H]1O[C@H](O)[C@H](OC(=O)c2ccccc2)[C@@H](OC(=O)c2ccccc2)[C@@H]1O. The van der Waals surface area contributed by atoms with E-state index >= 15 is 0 Å². The maximum absolute atomic E-state index is 12.4. The molecule has 0 aromatic heterocycles. The molecule has 0 amide bonds. The summed E-state index contributed by atoms with van der Waals surface area (Å²) in [6, 6.07) is 16.3. The lowest BCUT2D eigenvalue weighted by Crippen LogP contribution is -2.59. The summed E-state index contributed by atoms with van der Waals surface area (Å²) in [6.07, 6.45) is -6.32. The molecule has 7 heteroatoms. The van der Waals surface area contributed by atoms with Crippen LogP contribution in [0.3, 0.4) is 0 Å². The summed E-state index contributed by atoms with van der Waals surface area (Å²) in [6.45, 7) is 1.52. The maximum atomic E-state index is 12.4. The number of hydrogen-bond donors (Lipinski definition) is 2. The first-order valence-electron chi connectivity index (χ1n) is 8.51. The van der Waals surface area contributed by atoms with Crippen molar-refractivity contribution in [1.29, 1.82) is 0 Å². The second-order valence-electron chi connectivity index (χ2n) is 6.19. The van der Waals surface area contributed by atoms with Gasteiger partial charge in [-0.3, -0.25) is 0 Å². The van der Waals surface area contributed by atoms with Gasteiger partial charge in [0, 0.05) is 0 Å². The van der Waals surface area contributed by atoms with E-state index in [4.69, 9.17) is 14.2 Å². The van der Waals surface area contributed by atoms with E-state index < -0.39 is 42.6 Å². The fourth-order valence-corrected chi connectivity index (χ4v) is 2.80. The Morgan fingerprint density at radius 2 is 1.26 bits per heavy atom. The van der Waals surface area contributed by atoms with Crippen LogP contribution in [0.1, 0.15) is 27.6 Å². The summed E-state index contributed by atoms with van der Waals surface area (Å²) in [5, 5.41) is 20.6. The molecular weight excluding hydrogens is 352 g/mol. The van der Waals surface area contributed by atoms with Gasteiger partial charge in [-0.15, -0.1) is 0 Å². The summed E-state index contributed by atoms with van der Waals surface area (Å²) < 4.78 is 15.9. The third-order valence-electron chi connectivity index (χ3n) is 4.28. The quantitative estimate of drug-likeness (QED) is 0.785. The van der Waals surface area contributed by atoms with Gasteiger partial charge in [0.15, 0.2) is 18.5 Å². The van der Waals surface area contributed by atoms with Crippen LogP contribution in [0.5, 0.6) is 0 Å². The summed E-state index contributed by atoms with van der Waals surface area (Å²) in [7, 11) is 0. The van der Waals surface area contributed by atoms with E-state index in [1.165, 1.54) is 6.92 Å². The first-order chi connectivity index (χ1) is 13.0. The van der Waals surface area contributed by atoms with Gasteiger partial charge < -0.3 is 24.4 Å². The van der Waals surface area contributed by atoms with Crippen LogP contribution in [0, 0.1) is 0 Å². The predicted octanol–water partition coefficient (Wildman–Crippen LogP) is 1.54. The number of aliphatic hydroxyl groups excluding tert-OH is 2. The van der Waals surface area contributed by atoms with Crippen LogP contribution >= 0.6 is 0 Å². The molecule has 1 heterocycles. The Morgan fingerprint density at radius 3 is 1.74 bits per heavy atom. The van der Waals surface area contributed by atoms with Gasteiger partial charge in [0.1, 0.15) is 6.10 Å². The molecule has 0 radical (unpaired) electrons. The van der Waals surface area contributed by atoms with Gasteiger partial charge in [0.25, 0.3) is 0 Å². The molecule has 0 unspecified atom stereocenters. The minimum atomic E-state index is -1.55. The molecule has 2 aromatic carbocycles. The third-order valence-corrected chi connectivity index (χ3v) is 4.28. The lowest BCUT2D eigenvalue weighted by Gasteiger charge is -2.40. The molecule has 1 saturated heterocycles. The van der Waals surface area contributed by atoms with Crippen LogP contribution in [-0.4, -0.2) is 52.9 Å². The van der Waals surface area contributed by atoms with Crippen LogP contribution in [0.15, 0.2) is 60.7 Å². The van der Waals surface area contributed by atoms with Crippen molar-refractivity contribution in [1.82, 2.24) is 0 Å². The van der Waals surface area contributed by atoms with E-state index in [1.807, 2.05) is 0 Å². The minimum absolute atomic E-state index is 0.256. The Labute approximate surface area is 156 Å². The number of benzene rings is 2. The molecule has 0 aliphatic carbocycles. The summed E-state index contributed by atoms with van der Waals surface area (Å²) in [5.74, 6) is -1.44. The number of carbonyl (C=O) groups is 2. The van der Waals surface area contributed by atoms with E-state index in [9.17, 15) is 19.8 Å². The zero-order chi connectivity index (χ0) is 19.4. The van der Waals surface area contributed by atoms with Crippen molar-refractivity contribution in [2.45, 2.75) is 37.6 Å². The van der Waals surface area contributed by atoms with Crippen molar-refractivity contribution in [3.63, 3.8) is 0 Å². The first-order valence-corrected chi connectivity index (χ1v) is 8.51. The standard InChI is InChI=1S/C20H20O7/c1-12-15(21)16(26-18(22)13-8-4-2-5-9-13)17(20(24)25-12)27-19(23)14-10-6-3-7-11-14/h2-12,15-17,20-21,24H,1H3/t12-,15-,16+,17-,20+/m1/s1. The van der Waals surface area contributed by atoms with E-state index in [1.54, 1.807) is 60.7 Å². The molecule has 0 saturated carbocycles. The average Bonchev–Trinajstić information content (AvgIpc) is 2.69. The van der Waals surface area contributed by atoms with Crippen LogP contribution in [0.4, 0.5) is 0 Å². The molecule has 1 fully saturated rings. The van der Waals surface area contributed by atoms with Crippen LogP contribution < -0.4 is 0 Å². The van der Waals surface area contributed by atoms with Gasteiger partial charge >= 0.3 is 11.9 Å². The molecule has 1 aliphatic rings. The van der Waals surface area contributed by atoms with Crippen LogP contribution in [0.25, 0.3) is 0 Å². The van der Waals surface area contributed by atoms with Crippen molar-refractivity contribution in [2.75, 3.05) is 0 Å². The zero-order valence-corrected chi connectivity index (χ0v) is 14.6. The molecule has 1 aliphatic heterocycles. The summed E-state index contributed by atoms with van der Waals surface area (Å²) >= 11 is 0. The Kier molecular flexibility index (Phi) is 5.85. The number of esters is 2. The Balaban J connectivity index is 1.80. The highest BCUT2D eigenvalue weighted by Gasteiger charge is 2.48. The van der Waals surface area contributed by atoms with E-state index in [0.29, 0.717) is 0 Å². The normalized spacial score (nSPS) is 27.6. The predicted molar refractivity (Wildman–Crippen MR) is 93.9 cm³/mol. The Bertz CT molecular complexity index is 777. The second kappa shape index (κ2) is 8.30. The van der Waals surface area contributed by atoms with Crippen LogP contribution in [0.2, 0.25) is 0 Å². The van der Waals surface area contributed by atoms with Gasteiger partial charge in [-0.2, -0.15) is 0 Å². The van der Waals surface area contributed by atoms with Gasteiger partial charge in [0.05, 0.1) is 17.2 Å². The molecule has 142 valence electrons. The Morgan fingerprint density at radius 1 is 0.815 bits per heavy atom. The smallest absolute Gasteiger partial charge is 0.338 e. The van der Waals surface area contributed by atoms with Crippen molar-refractivity contribution in [3.05, 3.63) is 71.8 Å². The fourth-order valence-electron chi connectivity index (χ4n) is 2.80. The van der Waals surface area contributed by atoms with Crippen molar-refractivity contribution in [3.8, 4) is 0 Å². The monoisotopic (exact) mass is 372 g/mol. The van der Waals surface area contributed by atoms with Crippen molar-refractivity contribution >= 4 is 11.9 Å². The molecule has 3 rings (SSSR count). The summed E-state index contributed by atoms with van der Waals surface area (Å²) in [5.41, 5.74) is 0.525. The number of ether oxygens (including phenoxy) is 3. The molecule has 2 N–H and O–H groups in total. The van der Waals surface area contributed by atoms with E-state index in [-0.39, 0.29) is 11.1 Å². The highest BCUT2D eigenvalue weighted by molar-refractivity contribution is 5.90. The van der Waals surface area contributed by atoms with E-state index in [0.717, 1.165) is 0 Å². The van der Waals surface area contributed by atoms with Gasteiger partial charge in [-0.05, 0) is 31.2 Å². The van der Waals surface area contributed by atoms with E-state index in [2.05, 4.69) is 0 Å². The maximum Gasteiger partial charge on any atom is 0.338 e. The number of rotatable bonds is 4. The minimum Gasteiger partial charge on any atom is -0.452 e. The highest BCUT2D eigenvalue weighted by atomic mass is 16.7. The Hall–Kier alpha value is -2.74. The molecule has 0 spiro atoms. The third kappa shape index (κ3) is 4.33. The molecule has 2 aromatic rings. The van der Waals surface area contributed by atoms with Crippen molar-refractivity contribution in [2.24, 2.45) is 0 Å². The topological polar surface area (TPSA) is 102 Å². The number of hydrogen-bond acceptors (Lipinski definition) is 7. The summed E-state index contributed by atoms with van der Waals surface area (Å²) in [4.78, 5) is 24.7. The molecule has 7 nitrogen and oxygen atoms in total. The molecule has 5 atom stereocenters.